The van der Waals surface area contributed by atoms with Crippen LogP contribution in [0.1, 0.15) is 24.1 Å². The SMILES string of the molecule is CCc1cnc(N)nc1NC[C@@H](c1ccc(F)cc1)N(C)C. The number of nitrogens with one attached hydrogen (secondary N) is 1. The molecular weight excluding hydrogens is 281 g/mol. The van der Waals surface area contributed by atoms with E-state index in [2.05, 4.69) is 20.2 Å². The van der Waals surface area contributed by atoms with E-state index >= 15 is 0 Å². The van der Waals surface area contributed by atoms with Gasteiger partial charge in [0, 0.05) is 18.3 Å². The Morgan fingerprint density at radius 1 is 1.27 bits per heavy atom. The third-order valence-electron chi connectivity index (χ3n) is 3.61. The fraction of sp³-hybridized carbons (Fsp3) is 0.375. The normalized spacial score (nSPS) is 12.4. The summed E-state index contributed by atoms with van der Waals surface area (Å²) < 4.78 is 13.1. The van der Waals surface area contributed by atoms with Gasteiger partial charge in [0.05, 0.1) is 6.04 Å². The summed E-state index contributed by atoms with van der Waals surface area (Å²) in [5.41, 5.74) is 7.72. The lowest BCUT2D eigenvalue weighted by Gasteiger charge is -2.25. The highest BCUT2D eigenvalue weighted by Gasteiger charge is 2.15. The van der Waals surface area contributed by atoms with Gasteiger partial charge in [-0.25, -0.2) is 9.37 Å². The molecule has 0 spiro atoms. The minimum absolute atomic E-state index is 0.0986. The van der Waals surface area contributed by atoms with E-state index < -0.39 is 0 Å². The van der Waals surface area contributed by atoms with Crippen LogP contribution in [0, 0.1) is 5.82 Å². The van der Waals surface area contributed by atoms with Gasteiger partial charge in [-0.05, 0) is 38.2 Å². The number of hydrogen-bond acceptors (Lipinski definition) is 5. The van der Waals surface area contributed by atoms with E-state index in [9.17, 15) is 4.39 Å². The van der Waals surface area contributed by atoms with Crippen molar-refractivity contribution in [3.63, 3.8) is 0 Å². The van der Waals surface area contributed by atoms with E-state index in [1.165, 1.54) is 12.1 Å². The number of nitrogen functional groups attached to an aromatic ring is 1. The highest BCUT2D eigenvalue weighted by atomic mass is 19.1. The Labute approximate surface area is 130 Å². The van der Waals surface area contributed by atoms with Crippen molar-refractivity contribution in [2.45, 2.75) is 19.4 Å². The lowest BCUT2D eigenvalue weighted by molar-refractivity contribution is 0.311. The number of halogens is 1. The molecule has 1 aromatic heterocycles. The van der Waals surface area contributed by atoms with Crippen molar-refractivity contribution in [1.82, 2.24) is 14.9 Å². The van der Waals surface area contributed by atoms with Crippen LogP contribution in [0.3, 0.4) is 0 Å². The second-order valence-electron chi connectivity index (χ2n) is 5.37. The zero-order chi connectivity index (χ0) is 16.1. The van der Waals surface area contributed by atoms with Crippen LogP contribution in [0.2, 0.25) is 0 Å². The molecule has 118 valence electrons. The topological polar surface area (TPSA) is 67.1 Å². The Bertz CT molecular complexity index is 612. The Kier molecular flexibility index (Phi) is 5.27. The van der Waals surface area contributed by atoms with Crippen molar-refractivity contribution < 1.29 is 4.39 Å². The molecule has 0 unspecified atom stereocenters. The van der Waals surface area contributed by atoms with Crippen molar-refractivity contribution in [3.8, 4) is 0 Å². The zero-order valence-corrected chi connectivity index (χ0v) is 13.2. The standard InChI is InChI=1S/C16H22FN5/c1-4-11-9-20-16(18)21-15(11)19-10-14(22(2)3)12-5-7-13(17)8-6-12/h5-9,14H,4,10H2,1-3H3,(H3,18,19,20,21)/t14-/m0/s1. The molecule has 0 bridgehead atoms. The molecule has 1 atom stereocenters. The van der Waals surface area contributed by atoms with Crippen LogP contribution >= 0.6 is 0 Å². The Hall–Kier alpha value is -2.21. The van der Waals surface area contributed by atoms with Gasteiger partial charge in [-0.1, -0.05) is 19.1 Å². The molecule has 0 aliphatic carbocycles. The fourth-order valence-corrected chi connectivity index (χ4v) is 2.31. The summed E-state index contributed by atoms with van der Waals surface area (Å²) in [4.78, 5) is 10.4. The maximum atomic E-state index is 13.1. The van der Waals surface area contributed by atoms with E-state index in [0.29, 0.717) is 6.54 Å². The van der Waals surface area contributed by atoms with Crippen molar-refractivity contribution in [3.05, 3.63) is 47.4 Å². The number of nitrogens with zero attached hydrogens (tertiary/aromatic N) is 3. The van der Waals surface area contributed by atoms with Gasteiger partial charge in [-0.3, -0.25) is 0 Å². The molecule has 2 rings (SSSR count). The zero-order valence-electron chi connectivity index (χ0n) is 13.2. The fourth-order valence-electron chi connectivity index (χ4n) is 2.31. The van der Waals surface area contributed by atoms with Gasteiger partial charge >= 0.3 is 0 Å². The van der Waals surface area contributed by atoms with Gasteiger partial charge in [0.1, 0.15) is 11.6 Å². The molecule has 5 nitrogen and oxygen atoms in total. The summed E-state index contributed by atoms with van der Waals surface area (Å²) in [5, 5.41) is 3.33. The lowest BCUT2D eigenvalue weighted by Crippen LogP contribution is -2.27. The predicted octanol–water partition coefficient (Wildman–Crippen LogP) is 2.48. The highest BCUT2D eigenvalue weighted by Crippen LogP contribution is 2.21. The molecule has 0 saturated heterocycles. The number of anilines is 2. The number of rotatable bonds is 6. The number of likely N-dealkylation sites (N-methyl/N-ethyl adjacent to an activating group) is 1. The Morgan fingerprint density at radius 2 is 1.95 bits per heavy atom. The molecule has 2 aromatic rings. The Balaban J connectivity index is 2.16. The molecule has 6 heteroatoms. The molecule has 0 radical (unpaired) electrons. The second kappa shape index (κ2) is 7.17. The molecule has 0 fully saturated rings. The summed E-state index contributed by atoms with van der Waals surface area (Å²) in [7, 11) is 3.98. The third kappa shape index (κ3) is 3.92. The molecule has 0 saturated carbocycles. The van der Waals surface area contributed by atoms with Crippen LogP contribution in [-0.2, 0) is 6.42 Å². The second-order valence-corrected chi connectivity index (χ2v) is 5.37. The molecule has 0 amide bonds. The van der Waals surface area contributed by atoms with Gasteiger partial charge in [-0.2, -0.15) is 4.98 Å². The van der Waals surface area contributed by atoms with E-state index in [1.807, 2.05) is 21.0 Å². The average Bonchev–Trinajstić information content (AvgIpc) is 2.49. The van der Waals surface area contributed by atoms with Crippen LogP contribution in [0.5, 0.6) is 0 Å². The summed E-state index contributed by atoms with van der Waals surface area (Å²) in [6.45, 7) is 2.69. The number of hydrogen-bond donors (Lipinski definition) is 2. The summed E-state index contributed by atoms with van der Waals surface area (Å²) >= 11 is 0. The first-order valence-corrected chi connectivity index (χ1v) is 7.28. The van der Waals surface area contributed by atoms with Crippen LogP contribution in [-0.4, -0.2) is 35.5 Å². The first kappa shape index (κ1) is 16.2. The molecular formula is C16H22FN5. The molecule has 0 aliphatic heterocycles. The maximum absolute atomic E-state index is 13.1. The number of aromatic nitrogens is 2. The van der Waals surface area contributed by atoms with Gasteiger partial charge in [-0.15, -0.1) is 0 Å². The van der Waals surface area contributed by atoms with Gasteiger partial charge in [0.15, 0.2) is 0 Å². The quantitative estimate of drug-likeness (QED) is 0.858. The molecule has 0 aliphatic rings. The van der Waals surface area contributed by atoms with Crippen LogP contribution in [0.25, 0.3) is 0 Å². The smallest absolute Gasteiger partial charge is 0.221 e. The first-order valence-electron chi connectivity index (χ1n) is 7.28. The number of nitrogens with two attached hydrogens (primary N) is 1. The largest absolute Gasteiger partial charge is 0.368 e. The number of benzene rings is 1. The average molecular weight is 303 g/mol. The summed E-state index contributed by atoms with van der Waals surface area (Å²) in [6.07, 6.45) is 2.57. The summed E-state index contributed by atoms with van der Waals surface area (Å²) in [6, 6.07) is 6.66. The van der Waals surface area contributed by atoms with Gasteiger partial charge in [0.2, 0.25) is 5.95 Å². The van der Waals surface area contributed by atoms with Crippen molar-refractivity contribution in [2.75, 3.05) is 31.7 Å². The maximum Gasteiger partial charge on any atom is 0.221 e. The van der Waals surface area contributed by atoms with Crippen molar-refractivity contribution in [1.29, 1.82) is 0 Å². The van der Waals surface area contributed by atoms with E-state index in [0.717, 1.165) is 23.4 Å². The van der Waals surface area contributed by atoms with Crippen LogP contribution in [0.15, 0.2) is 30.5 Å². The molecule has 3 N–H and O–H groups in total. The van der Waals surface area contributed by atoms with E-state index in [-0.39, 0.29) is 17.8 Å². The predicted molar refractivity (Wildman–Crippen MR) is 87.1 cm³/mol. The van der Waals surface area contributed by atoms with Crippen LogP contribution < -0.4 is 11.1 Å². The monoisotopic (exact) mass is 303 g/mol. The van der Waals surface area contributed by atoms with Crippen LogP contribution in [0.4, 0.5) is 16.2 Å². The minimum atomic E-state index is -0.231. The molecule has 1 heterocycles. The van der Waals surface area contributed by atoms with Crippen molar-refractivity contribution in [2.24, 2.45) is 0 Å². The number of aryl methyl sites for hydroxylation is 1. The minimum Gasteiger partial charge on any atom is -0.368 e. The van der Waals surface area contributed by atoms with E-state index in [1.54, 1.807) is 18.3 Å². The summed E-state index contributed by atoms with van der Waals surface area (Å²) in [5.74, 6) is 0.776. The van der Waals surface area contributed by atoms with Crippen molar-refractivity contribution >= 4 is 11.8 Å². The molecule has 1 aromatic carbocycles. The van der Waals surface area contributed by atoms with E-state index in [4.69, 9.17) is 5.73 Å². The molecule has 22 heavy (non-hydrogen) atoms. The lowest BCUT2D eigenvalue weighted by atomic mass is 10.1. The highest BCUT2D eigenvalue weighted by molar-refractivity contribution is 5.46. The van der Waals surface area contributed by atoms with Gasteiger partial charge in [0.25, 0.3) is 0 Å². The Morgan fingerprint density at radius 3 is 2.55 bits per heavy atom. The van der Waals surface area contributed by atoms with Gasteiger partial charge < -0.3 is 16.0 Å². The third-order valence-corrected chi connectivity index (χ3v) is 3.61. The first-order chi connectivity index (χ1) is 10.5.